The summed E-state index contributed by atoms with van der Waals surface area (Å²) < 4.78 is 1.69. The van der Waals surface area contributed by atoms with Crippen LogP contribution in [0, 0.1) is 0 Å². The van der Waals surface area contributed by atoms with Gasteiger partial charge in [0.05, 0.1) is 0 Å². The Morgan fingerprint density at radius 3 is 2.67 bits per heavy atom. The van der Waals surface area contributed by atoms with E-state index in [0.717, 1.165) is 28.5 Å². The fourth-order valence-electron chi connectivity index (χ4n) is 2.16. The molecule has 1 aromatic heterocycles. The van der Waals surface area contributed by atoms with Gasteiger partial charge in [-0.3, -0.25) is 9.59 Å². The van der Waals surface area contributed by atoms with Crippen LogP contribution in [-0.4, -0.2) is 22.8 Å². The van der Waals surface area contributed by atoms with Crippen LogP contribution in [0.15, 0.2) is 58.4 Å². The number of aromatic nitrogens is 1. The van der Waals surface area contributed by atoms with Gasteiger partial charge in [0.1, 0.15) is 0 Å². The van der Waals surface area contributed by atoms with Gasteiger partial charge in [-0.1, -0.05) is 17.7 Å². The number of halogens is 1. The molecule has 0 atom stereocenters. The highest BCUT2D eigenvalue weighted by Gasteiger charge is 2.02. The number of carbonyl (C=O) groups excluding carboxylic acids is 1. The fourth-order valence-corrected chi connectivity index (χ4v) is 3.14. The molecule has 128 valence electrons. The molecular weight excluding hydrogens is 344 g/mol. The molecule has 0 aliphatic carbocycles. The van der Waals surface area contributed by atoms with Crippen LogP contribution in [0.2, 0.25) is 5.02 Å². The molecule has 1 heterocycles. The Morgan fingerprint density at radius 1 is 1.12 bits per heavy atom. The maximum Gasteiger partial charge on any atom is 0.250 e. The number of benzene rings is 1. The summed E-state index contributed by atoms with van der Waals surface area (Å²) in [5, 5.41) is 3.64. The van der Waals surface area contributed by atoms with E-state index < -0.39 is 0 Å². The number of pyridine rings is 1. The third-order valence-electron chi connectivity index (χ3n) is 3.46. The first-order chi connectivity index (χ1) is 11.6. The number of carbonyl (C=O) groups is 1. The van der Waals surface area contributed by atoms with E-state index in [0.29, 0.717) is 19.5 Å². The SMILES string of the molecule is O=C(CCSc1ccc(Cl)cc1)NCCCCn1ccccc1=O. The van der Waals surface area contributed by atoms with Crippen molar-refractivity contribution in [3.8, 4) is 0 Å². The van der Waals surface area contributed by atoms with Crippen LogP contribution in [0.4, 0.5) is 0 Å². The van der Waals surface area contributed by atoms with E-state index >= 15 is 0 Å². The molecule has 4 nitrogen and oxygen atoms in total. The maximum atomic E-state index is 11.8. The van der Waals surface area contributed by atoms with Gasteiger partial charge in [0.2, 0.25) is 11.5 Å². The van der Waals surface area contributed by atoms with Crippen molar-refractivity contribution in [2.75, 3.05) is 12.3 Å². The minimum absolute atomic E-state index is 0.0146. The van der Waals surface area contributed by atoms with E-state index in [-0.39, 0.29) is 11.5 Å². The summed E-state index contributed by atoms with van der Waals surface area (Å²) >= 11 is 7.48. The van der Waals surface area contributed by atoms with Crippen LogP contribution < -0.4 is 10.9 Å². The lowest BCUT2D eigenvalue weighted by atomic mass is 10.3. The van der Waals surface area contributed by atoms with Crippen LogP contribution in [0.1, 0.15) is 19.3 Å². The molecule has 0 saturated carbocycles. The second kappa shape index (κ2) is 10.2. The minimum atomic E-state index is 0.0146. The molecule has 0 radical (unpaired) electrons. The zero-order valence-corrected chi connectivity index (χ0v) is 15.0. The van der Waals surface area contributed by atoms with E-state index in [1.807, 2.05) is 30.3 Å². The van der Waals surface area contributed by atoms with E-state index in [9.17, 15) is 9.59 Å². The molecule has 24 heavy (non-hydrogen) atoms. The van der Waals surface area contributed by atoms with Gasteiger partial charge in [0.15, 0.2) is 0 Å². The molecule has 1 aromatic carbocycles. The topological polar surface area (TPSA) is 51.1 Å². The lowest BCUT2D eigenvalue weighted by Crippen LogP contribution is -2.25. The van der Waals surface area contributed by atoms with Crippen molar-refractivity contribution in [2.45, 2.75) is 30.7 Å². The Bertz CT molecular complexity index is 701. The largest absolute Gasteiger partial charge is 0.356 e. The number of nitrogens with zero attached hydrogens (tertiary/aromatic N) is 1. The predicted octanol–water partition coefficient (Wildman–Crippen LogP) is 3.58. The van der Waals surface area contributed by atoms with Crippen LogP contribution >= 0.6 is 23.4 Å². The maximum absolute atomic E-state index is 11.8. The van der Waals surface area contributed by atoms with Crippen LogP contribution in [0.25, 0.3) is 0 Å². The number of thioether (sulfide) groups is 1. The van der Waals surface area contributed by atoms with Gasteiger partial charge >= 0.3 is 0 Å². The minimum Gasteiger partial charge on any atom is -0.356 e. The second-order valence-corrected chi connectivity index (χ2v) is 6.95. The number of unbranched alkanes of at least 4 members (excludes halogenated alkanes) is 1. The fraction of sp³-hybridized carbons (Fsp3) is 0.333. The second-order valence-electron chi connectivity index (χ2n) is 5.34. The molecule has 0 aliphatic heterocycles. The van der Waals surface area contributed by atoms with E-state index in [1.165, 1.54) is 0 Å². The summed E-state index contributed by atoms with van der Waals surface area (Å²) in [6.45, 7) is 1.33. The van der Waals surface area contributed by atoms with Gasteiger partial charge in [0, 0.05) is 47.4 Å². The summed E-state index contributed by atoms with van der Waals surface area (Å²) in [4.78, 5) is 24.4. The molecule has 6 heteroatoms. The molecule has 1 N–H and O–H groups in total. The summed E-state index contributed by atoms with van der Waals surface area (Å²) in [5.41, 5.74) is 0.0146. The summed E-state index contributed by atoms with van der Waals surface area (Å²) in [5.74, 6) is 0.806. The summed E-state index contributed by atoms with van der Waals surface area (Å²) in [7, 11) is 0. The molecule has 2 aromatic rings. The number of hydrogen-bond acceptors (Lipinski definition) is 3. The molecule has 0 spiro atoms. The third-order valence-corrected chi connectivity index (χ3v) is 4.72. The third kappa shape index (κ3) is 6.81. The van der Waals surface area contributed by atoms with Crippen LogP contribution in [-0.2, 0) is 11.3 Å². The van der Waals surface area contributed by atoms with Crippen LogP contribution in [0.5, 0.6) is 0 Å². The Balaban J connectivity index is 1.54. The molecule has 0 unspecified atom stereocenters. The molecule has 0 fully saturated rings. The molecule has 2 rings (SSSR count). The number of amides is 1. The van der Waals surface area contributed by atoms with Gasteiger partial charge in [-0.15, -0.1) is 11.8 Å². The average Bonchev–Trinajstić information content (AvgIpc) is 2.58. The number of nitrogens with one attached hydrogen (secondary N) is 1. The first kappa shape index (κ1) is 18.6. The normalized spacial score (nSPS) is 10.5. The summed E-state index contributed by atoms with van der Waals surface area (Å²) in [6, 6.07) is 12.7. The lowest BCUT2D eigenvalue weighted by molar-refractivity contribution is -0.120. The Morgan fingerprint density at radius 2 is 1.92 bits per heavy atom. The zero-order valence-electron chi connectivity index (χ0n) is 13.4. The monoisotopic (exact) mass is 364 g/mol. The van der Waals surface area contributed by atoms with Crippen molar-refractivity contribution in [1.29, 1.82) is 0 Å². The van der Waals surface area contributed by atoms with Crippen molar-refractivity contribution >= 4 is 29.3 Å². The van der Waals surface area contributed by atoms with Gasteiger partial charge in [-0.25, -0.2) is 0 Å². The lowest BCUT2D eigenvalue weighted by Gasteiger charge is -2.07. The Kier molecular flexibility index (Phi) is 7.92. The van der Waals surface area contributed by atoms with Gasteiger partial charge in [0.25, 0.3) is 0 Å². The zero-order chi connectivity index (χ0) is 17.2. The van der Waals surface area contributed by atoms with Gasteiger partial charge in [-0.2, -0.15) is 0 Å². The molecule has 0 saturated heterocycles. The first-order valence-corrected chi connectivity index (χ1v) is 9.32. The van der Waals surface area contributed by atoms with Crippen molar-refractivity contribution in [2.24, 2.45) is 0 Å². The van der Waals surface area contributed by atoms with Crippen molar-refractivity contribution in [3.05, 3.63) is 64.0 Å². The van der Waals surface area contributed by atoms with Crippen LogP contribution in [0.3, 0.4) is 0 Å². The Labute approximate surface area is 151 Å². The van der Waals surface area contributed by atoms with Gasteiger partial charge in [-0.05, 0) is 43.2 Å². The highest BCUT2D eigenvalue weighted by molar-refractivity contribution is 7.99. The smallest absolute Gasteiger partial charge is 0.250 e. The van der Waals surface area contributed by atoms with E-state index in [1.54, 1.807) is 34.7 Å². The van der Waals surface area contributed by atoms with Gasteiger partial charge < -0.3 is 9.88 Å². The molecular formula is C18H21ClN2O2S. The number of hydrogen-bond donors (Lipinski definition) is 1. The van der Waals surface area contributed by atoms with Crippen molar-refractivity contribution in [3.63, 3.8) is 0 Å². The quantitative estimate of drug-likeness (QED) is 0.546. The standard InChI is InChI=1S/C18H21ClN2O2S/c19-15-6-8-16(9-7-15)24-14-10-17(22)20-11-2-4-13-21-12-3-1-5-18(21)23/h1,3,5-9,12H,2,4,10-11,13-14H2,(H,20,22). The summed E-state index contributed by atoms with van der Waals surface area (Å²) in [6.07, 6.45) is 4.00. The first-order valence-electron chi connectivity index (χ1n) is 7.96. The Hall–Kier alpha value is -1.72. The van der Waals surface area contributed by atoms with E-state index in [2.05, 4.69) is 5.32 Å². The number of aryl methyl sites for hydroxylation is 1. The molecule has 0 bridgehead atoms. The highest BCUT2D eigenvalue weighted by Crippen LogP contribution is 2.20. The molecule has 1 amide bonds. The van der Waals surface area contributed by atoms with Crippen molar-refractivity contribution < 1.29 is 4.79 Å². The van der Waals surface area contributed by atoms with E-state index in [4.69, 9.17) is 11.6 Å². The number of rotatable bonds is 9. The predicted molar refractivity (Wildman–Crippen MR) is 99.7 cm³/mol. The highest BCUT2D eigenvalue weighted by atomic mass is 35.5. The van der Waals surface area contributed by atoms with Crippen molar-refractivity contribution in [1.82, 2.24) is 9.88 Å². The average molecular weight is 365 g/mol. The molecule has 0 aliphatic rings.